The van der Waals surface area contributed by atoms with Crippen molar-refractivity contribution >= 4 is 27.8 Å². The van der Waals surface area contributed by atoms with Crippen molar-refractivity contribution in [1.82, 2.24) is 9.38 Å². The molecular formula is C16H12N2O2. The van der Waals surface area contributed by atoms with E-state index in [0.717, 1.165) is 16.8 Å². The zero-order chi connectivity index (χ0) is 13.9. The van der Waals surface area contributed by atoms with E-state index in [1.807, 2.05) is 50.4 Å². The summed E-state index contributed by atoms with van der Waals surface area (Å²) in [6, 6.07) is 9.47. The fraction of sp³-hybridized carbons (Fsp3) is 0.125. The highest BCUT2D eigenvalue weighted by atomic mass is 16.3. The molecule has 0 unspecified atom stereocenters. The minimum absolute atomic E-state index is 0.0423. The summed E-state index contributed by atoms with van der Waals surface area (Å²) in [4.78, 5) is 17.1. The van der Waals surface area contributed by atoms with Crippen LogP contribution < -0.4 is 5.43 Å². The Hall–Kier alpha value is -2.62. The lowest BCUT2D eigenvalue weighted by Crippen LogP contribution is -2.04. The van der Waals surface area contributed by atoms with Gasteiger partial charge in [0, 0.05) is 6.20 Å². The van der Waals surface area contributed by atoms with E-state index in [2.05, 4.69) is 4.98 Å². The largest absolute Gasteiger partial charge is 0.436 e. The fourth-order valence-electron chi connectivity index (χ4n) is 2.59. The molecule has 0 aliphatic rings. The third-order valence-corrected chi connectivity index (χ3v) is 3.62. The first kappa shape index (κ1) is 11.2. The number of pyridine rings is 1. The van der Waals surface area contributed by atoms with Crippen LogP contribution in [-0.2, 0) is 0 Å². The minimum atomic E-state index is -0.0423. The van der Waals surface area contributed by atoms with Crippen LogP contribution in [0.4, 0.5) is 0 Å². The van der Waals surface area contributed by atoms with Gasteiger partial charge in [-0.15, -0.1) is 0 Å². The molecule has 4 rings (SSSR count). The molecule has 20 heavy (non-hydrogen) atoms. The Morgan fingerprint density at radius 2 is 2.05 bits per heavy atom. The lowest BCUT2D eigenvalue weighted by molar-refractivity contribution is 0.647. The predicted octanol–water partition coefficient (Wildman–Crippen LogP) is 3.21. The minimum Gasteiger partial charge on any atom is -0.436 e. The lowest BCUT2D eigenvalue weighted by Gasteiger charge is -1.99. The second-order valence-corrected chi connectivity index (χ2v) is 5.08. The molecule has 3 aromatic heterocycles. The second-order valence-electron chi connectivity index (χ2n) is 5.08. The standard InChI is InChI=1S/C16H12N2O2/c1-9-5-6-11-12(8-9)20-16-13(14(11)19)18-7-3-4-10(2)15(18)17-16/h3-8H,1-2H3. The quantitative estimate of drug-likeness (QED) is 0.490. The normalized spacial score (nSPS) is 11.7. The monoisotopic (exact) mass is 264 g/mol. The van der Waals surface area contributed by atoms with Crippen molar-refractivity contribution in [3.8, 4) is 0 Å². The van der Waals surface area contributed by atoms with E-state index in [1.165, 1.54) is 0 Å². The number of aromatic nitrogens is 2. The number of hydrogen-bond acceptors (Lipinski definition) is 3. The summed E-state index contributed by atoms with van der Waals surface area (Å²) in [6.07, 6.45) is 1.84. The molecule has 4 heteroatoms. The van der Waals surface area contributed by atoms with Gasteiger partial charge in [0.25, 0.3) is 0 Å². The molecule has 4 nitrogen and oxygen atoms in total. The van der Waals surface area contributed by atoms with Crippen molar-refractivity contribution in [2.45, 2.75) is 13.8 Å². The van der Waals surface area contributed by atoms with Crippen LogP contribution in [-0.4, -0.2) is 9.38 Å². The first-order chi connectivity index (χ1) is 9.65. The van der Waals surface area contributed by atoms with E-state index in [0.29, 0.717) is 22.2 Å². The van der Waals surface area contributed by atoms with Gasteiger partial charge in [-0.25, -0.2) is 0 Å². The van der Waals surface area contributed by atoms with Gasteiger partial charge in [0.05, 0.1) is 5.39 Å². The van der Waals surface area contributed by atoms with E-state index < -0.39 is 0 Å². The molecule has 0 saturated carbocycles. The molecule has 0 atom stereocenters. The highest BCUT2D eigenvalue weighted by Gasteiger charge is 2.14. The summed E-state index contributed by atoms with van der Waals surface area (Å²) in [5, 5.41) is 0.589. The highest BCUT2D eigenvalue weighted by Crippen LogP contribution is 2.21. The maximum Gasteiger partial charge on any atom is 0.250 e. The molecule has 0 aliphatic heterocycles. The van der Waals surface area contributed by atoms with Crippen molar-refractivity contribution in [3.05, 3.63) is 57.9 Å². The Labute approximate surface area is 114 Å². The van der Waals surface area contributed by atoms with Gasteiger partial charge in [0.1, 0.15) is 11.2 Å². The third kappa shape index (κ3) is 1.36. The molecular weight excluding hydrogens is 252 g/mol. The molecule has 0 bridgehead atoms. The topological polar surface area (TPSA) is 47.5 Å². The van der Waals surface area contributed by atoms with Gasteiger partial charge in [-0.05, 0) is 43.2 Å². The summed E-state index contributed by atoms with van der Waals surface area (Å²) in [7, 11) is 0. The number of aryl methyl sites for hydroxylation is 2. The number of fused-ring (bicyclic) bond motifs is 4. The Kier molecular flexibility index (Phi) is 2.07. The highest BCUT2D eigenvalue weighted by molar-refractivity contribution is 5.88. The predicted molar refractivity (Wildman–Crippen MR) is 78.2 cm³/mol. The number of hydrogen-bond donors (Lipinski definition) is 0. The molecule has 0 saturated heterocycles. The van der Waals surface area contributed by atoms with Gasteiger partial charge in [0.15, 0.2) is 5.52 Å². The van der Waals surface area contributed by atoms with Crippen LogP contribution in [0.25, 0.3) is 27.8 Å². The Balaban J connectivity index is 2.33. The smallest absolute Gasteiger partial charge is 0.250 e. The maximum atomic E-state index is 12.7. The zero-order valence-corrected chi connectivity index (χ0v) is 11.2. The van der Waals surface area contributed by atoms with Crippen LogP contribution in [0.15, 0.2) is 45.7 Å². The van der Waals surface area contributed by atoms with E-state index in [-0.39, 0.29) is 5.43 Å². The van der Waals surface area contributed by atoms with Crippen LogP contribution >= 0.6 is 0 Å². The first-order valence-corrected chi connectivity index (χ1v) is 6.46. The van der Waals surface area contributed by atoms with Gasteiger partial charge in [-0.1, -0.05) is 12.1 Å². The molecule has 98 valence electrons. The summed E-state index contributed by atoms with van der Waals surface area (Å²) in [6.45, 7) is 3.94. The lowest BCUT2D eigenvalue weighted by atomic mass is 10.1. The van der Waals surface area contributed by atoms with Crippen molar-refractivity contribution < 1.29 is 4.42 Å². The van der Waals surface area contributed by atoms with Crippen LogP contribution in [0.3, 0.4) is 0 Å². The van der Waals surface area contributed by atoms with Crippen LogP contribution in [0.2, 0.25) is 0 Å². The van der Waals surface area contributed by atoms with Crippen molar-refractivity contribution in [2.24, 2.45) is 0 Å². The average Bonchev–Trinajstić information content (AvgIpc) is 2.78. The summed E-state index contributed by atoms with van der Waals surface area (Å²) in [5.74, 6) is 0. The molecule has 1 aromatic carbocycles. The number of imidazole rings is 1. The Morgan fingerprint density at radius 1 is 1.20 bits per heavy atom. The maximum absolute atomic E-state index is 12.7. The molecule has 3 heterocycles. The molecule has 0 aliphatic carbocycles. The fourth-order valence-corrected chi connectivity index (χ4v) is 2.59. The van der Waals surface area contributed by atoms with Gasteiger partial charge in [0.2, 0.25) is 11.1 Å². The Bertz CT molecular complexity index is 1040. The van der Waals surface area contributed by atoms with E-state index in [4.69, 9.17) is 4.42 Å². The molecule has 0 fully saturated rings. The molecule has 4 aromatic rings. The van der Waals surface area contributed by atoms with Crippen molar-refractivity contribution in [2.75, 3.05) is 0 Å². The summed E-state index contributed by atoms with van der Waals surface area (Å²) < 4.78 is 7.62. The van der Waals surface area contributed by atoms with Gasteiger partial charge >= 0.3 is 0 Å². The zero-order valence-electron chi connectivity index (χ0n) is 11.2. The molecule has 0 spiro atoms. The van der Waals surface area contributed by atoms with E-state index in [9.17, 15) is 4.79 Å². The molecule has 0 radical (unpaired) electrons. The molecule has 0 amide bonds. The number of nitrogens with zero attached hydrogens (tertiary/aromatic N) is 2. The van der Waals surface area contributed by atoms with Gasteiger partial charge in [-0.3, -0.25) is 9.20 Å². The van der Waals surface area contributed by atoms with Crippen LogP contribution in [0.5, 0.6) is 0 Å². The number of rotatable bonds is 0. The second kappa shape index (κ2) is 3.70. The van der Waals surface area contributed by atoms with Crippen molar-refractivity contribution in [1.29, 1.82) is 0 Å². The van der Waals surface area contributed by atoms with Gasteiger partial charge in [-0.2, -0.15) is 4.98 Å². The Morgan fingerprint density at radius 3 is 2.90 bits per heavy atom. The average molecular weight is 264 g/mol. The van der Waals surface area contributed by atoms with Crippen LogP contribution in [0, 0.1) is 13.8 Å². The van der Waals surface area contributed by atoms with E-state index in [1.54, 1.807) is 4.40 Å². The number of benzene rings is 1. The third-order valence-electron chi connectivity index (χ3n) is 3.62. The SMILES string of the molecule is Cc1ccc2c(=O)c3c(nc4c(C)cccn43)oc2c1. The van der Waals surface area contributed by atoms with Crippen molar-refractivity contribution in [3.63, 3.8) is 0 Å². The van der Waals surface area contributed by atoms with Crippen LogP contribution in [0.1, 0.15) is 11.1 Å². The molecule has 0 N–H and O–H groups in total. The first-order valence-electron chi connectivity index (χ1n) is 6.46. The van der Waals surface area contributed by atoms with E-state index >= 15 is 0 Å². The summed E-state index contributed by atoms with van der Waals surface area (Å²) in [5.41, 5.74) is 4.26. The summed E-state index contributed by atoms with van der Waals surface area (Å²) >= 11 is 0. The van der Waals surface area contributed by atoms with Gasteiger partial charge < -0.3 is 4.42 Å².